The van der Waals surface area contributed by atoms with E-state index in [2.05, 4.69) is 6.07 Å². The molecule has 0 saturated carbocycles. The Labute approximate surface area is 112 Å². The van der Waals surface area contributed by atoms with Gasteiger partial charge in [-0.2, -0.15) is 17.0 Å². The predicted octanol–water partition coefficient (Wildman–Crippen LogP) is 1.94. The second-order valence-electron chi connectivity index (χ2n) is 4.31. The van der Waals surface area contributed by atoms with Crippen LogP contribution in [0.1, 0.15) is 5.56 Å². The highest BCUT2D eigenvalue weighted by Gasteiger charge is 2.25. The molecule has 0 aliphatic carbocycles. The fourth-order valence-corrected chi connectivity index (χ4v) is 2.95. The van der Waals surface area contributed by atoms with Crippen LogP contribution in [-0.2, 0) is 11.2 Å². The molecule has 0 radical (unpaired) electrons. The lowest BCUT2D eigenvalue weighted by molar-refractivity contribution is -0.133. The van der Waals surface area contributed by atoms with Crippen molar-refractivity contribution in [3.8, 4) is 6.07 Å². The maximum absolute atomic E-state index is 12.2. The lowest BCUT2D eigenvalue weighted by Crippen LogP contribution is -2.41. The van der Waals surface area contributed by atoms with Gasteiger partial charge in [-0.15, -0.1) is 0 Å². The number of nitriles is 1. The van der Waals surface area contributed by atoms with Gasteiger partial charge in [0.2, 0.25) is 5.91 Å². The van der Waals surface area contributed by atoms with Crippen molar-refractivity contribution in [3.63, 3.8) is 0 Å². The Bertz CT molecular complexity index is 435. The van der Waals surface area contributed by atoms with E-state index in [0.29, 0.717) is 6.42 Å². The molecule has 3 nitrogen and oxygen atoms in total. The van der Waals surface area contributed by atoms with Crippen molar-refractivity contribution >= 4 is 17.7 Å². The first-order chi connectivity index (χ1) is 8.81. The average molecular weight is 260 g/mol. The second kappa shape index (κ2) is 6.46. The lowest BCUT2D eigenvalue weighted by atomic mass is 9.99. The first kappa shape index (κ1) is 13.0. The van der Waals surface area contributed by atoms with Crippen molar-refractivity contribution in [3.05, 3.63) is 35.9 Å². The summed E-state index contributed by atoms with van der Waals surface area (Å²) in [5, 5.41) is 9.19. The molecule has 1 amide bonds. The number of hydrogen-bond donors (Lipinski definition) is 0. The molecule has 2 rings (SSSR count). The largest absolute Gasteiger partial charge is 0.340 e. The highest BCUT2D eigenvalue weighted by atomic mass is 32.2. The summed E-state index contributed by atoms with van der Waals surface area (Å²) < 4.78 is 0. The van der Waals surface area contributed by atoms with E-state index in [4.69, 9.17) is 0 Å². The number of carbonyl (C=O) groups is 1. The SMILES string of the molecule is N#CC(Cc1ccccc1)C(=O)N1CCSCC1. The van der Waals surface area contributed by atoms with E-state index >= 15 is 0 Å². The average Bonchev–Trinajstić information content (AvgIpc) is 2.46. The fourth-order valence-electron chi connectivity index (χ4n) is 2.04. The van der Waals surface area contributed by atoms with Gasteiger partial charge in [-0.05, 0) is 12.0 Å². The van der Waals surface area contributed by atoms with Crippen molar-refractivity contribution in [1.29, 1.82) is 5.26 Å². The monoisotopic (exact) mass is 260 g/mol. The van der Waals surface area contributed by atoms with E-state index in [1.165, 1.54) is 0 Å². The summed E-state index contributed by atoms with van der Waals surface area (Å²) >= 11 is 1.86. The number of amides is 1. The van der Waals surface area contributed by atoms with E-state index in [-0.39, 0.29) is 5.91 Å². The third kappa shape index (κ3) is 3.27. The van der Waals surface area contributed by atoms with Crippen LogP contribution in [0.4, 0.5) is 0 Å². The quantitative estimate of drug-likeness (QED) is 0.834. The minimum atomic E-state index is -0.546. The molecule has 1 aromatic carbocycles. The Hall–Kier alpha value is -1.47. The zero-order valence-electron chi connectivity index (χ0n) is 10.2. The van der Waals surface area contributed by atoms with Crippen LogP contribution in [-0.4, -0.2) is 35.4 Å². The molecule has 1 aliphatic heterocycles. The minimum Gasteiger partial charge on any atom is -0.340 e. The van der Waals surface area contributed by atoms with Crippen molar-refractivity contribution in [2.75, 3.05) is 24.6 Å². The molecule has 94 valence electrons. The summed E-state index contributed by atoms with van der Waals surface area (Å²) in [4.78, 5) is 14.1. The Morgan fingerprint density at radius 2 is 2.00 bits per heavy atom. The summed E-state index contributed by atoms with van der Waals surface area (Å²) in [5.41, 5.74) is 1.05. The molecule has 1 saturated heterocycles. The van der Waals surface area contributed by atoms with Gasteiger partial charge in [0, 0.05) is 24.6 Å². The molecule has 1 atom stereocenters. The molecule has 1 unspecified atom stereocenters. The standard InChI is InChI=1S/C14H16N2OS/c15-11-13(10-12-4-2-1-3-5-12)14(17)16-6-8-18-9-7-16/h1-5,13H,6-10H2. The number of rotatable bonds is 3. The van der Waals surface area contributed by atoms with Gasteiger partial charge in [-0.25, -0.2) is 0 Å². The Kier molecular flexibility index (Phi) is 4.66. The fraction of sp³-hybridized carbons (Fsp3) is 0.429. The Morgan fingerprint density at radius 1 is 1.33 bits per heavy atom. The van der Waals surface area contributed by atoms with Gasteiger partial charge in [0.1, 0.15) is 5.92 Å². The van der Waals surface area contributed by atoms with Crippen LogP contribution in [0.5, 0.6) is 0 Å². The van der Waals surface area contributed by atoms with Gasteiger partial charge in [-0.3, -0.25) is 4.79 Å². The molecular formula is C14H16N2OS. The van der Waals surface area contributed by atoms with Crippen LogP contribution in [0.2, 0.25) is 0 Å². The zero-order chi connectivity index (χ0) is 12.8. The molecule has 1 heterocycles. The molecule has 1 aromatic rings. The first-order valence-corrected chi connectivity index (χ1v) is 7.27. The van der Waals surface area contributed by atoms with Gasteiger partial charge in [0.15, 0.2) is 0 Å². The normalized spacial score (nSPS) is 16.9. The number of hydrogen-bond acceptors (Lipinski definition) is 3. The first-order valence-electron chi connectivity index (χ1n) is 6.11. The van der Waals surface area contributed by atoms with Gasteiger partial charge < -0.3 is 4.90 Å². The van der Waals surface area contributed by atoms with E-state index in [1.807, 2.05) is 47.0 Å². The molecule has 18 heavy (non-hydrogen) atoms. The summed E-state index contributed by atoms with van der Waals surface area (Å²) in [7, 11) is 0. The van der Waals surface area contributed by atoms with Crippen LogP contribution in [0.25, 0.3) is 0 Å². The van der Waals surface area contributed by atoms with E-state index < -0.39 is 5.92 Å². The number of nitrogens with zero attached hydrogens (tertiary/aromatic N) is 2. The van der Waals surface area contributed by atoms with Gasteiger partial charge in [0.25, 0.3) is 0 Å². The van der Waals surface area contributed by atoms with Crippen molar-refractivity contribution in [1.82, 2.24) is 4.90 Å². The van der Waals surface area contributed by atoms with Crippen LogP contribution in [0, 0.1) is 17.2 Å². The molecule has 0 bridgehead atoms. The highest BCUT2D eigenvalue weighted by molar-refractivity contribution is 7.99. The zero-order valence-corrected chi connectivity index (χ0v) is 11.0. The molecule has 0 aromatic heterocycles. The van der Waals surface area contributed by atoms with Crippen molar-refractivity contribution < 1.29 is 4.79 Å². The predicted molar refractivity (Wildman–Crippen MR) is 73.2 cm³/mol. The Morgan fingerprint density at radius 3 is 2.61 bits per heavy atom. The molecule has 0 spiro atoms. The maximum Gasteiger partial charge on any atom is 0.240 e. The summed E-state index contributed by atoms with van der Waals surface area (Å²) in [6.45, 7) is 1.55. The minimum absolute atomic E-state index is 0.0124. The smallest absolute Gasteiger partial charge is 0.240 e. The second-order valence-corrected chi connectivity index (χ2v) is 5.53. The lowest BCUT2D eigenvalue weighted by Gasteiger charge is -2.28. The van der Waals surface area contributed by atoms with Gasteiger partial charge >= 0.3 is 0 Å². The summed E-state index contributed by atoms with van der Waals surface area (Å²) in [5.74, 6) is 1.40. The van der Waals surface area contributed by atoms with Crippen LogP contribution in [0.3, 0.4) is 0 Å². The Balaban J connectivity index is 2.00. The van der Waals surface area contributed by atoms with E-state index in [1.54, 1.807) is 0 Å². The molecule has 4 heteroatoms. The summed E-state index contributed by atoms with van der Waals surface area (Å²) in [6.07, 6.45) is 0.514. The third-order valence-electron chi connectivity index (χ3n) is 3.06. The van der Waals surface area contributed by atoms with Crippen LogP contribution in [0.15, 0.2) is 30.3 Å². The van der Waals surface area contributed by atoms with Crippen molar-refractivity contribution in [2.24, 2.45) is 5.92 Å². The van der Waals surface area contributed by atoms with E-state index in [9.17, 15) is 10.1 Å². The number of thioether (sulfide) groups is 1. The molecule has 1 fully saturated rings. The van der Waals surface area contributed by atoms with E-state index in [0.717, 1.165) is 30.2 Å². The van der Waals surface area contributed by atoms with Gasteiger partial charge in [0.05, 0.1) is 6.07 Å². The molecule has 1 aliphatic rings. The highest BCUT2D eigenvalue weighted by Crippen LogP contribution is 2.15. The van der Waals surface area contributed by atoms with Crippen molar-refractivity contribution in [2.45, 2.75) is 6.42 Å². The topological polar surface area (TPSA) is 44.1 Å². The molecule has 0 N–H and O–H groups in total. The molecular weight excluding hydrogens is 244 g/mol. The number of carbonyl (C=O) groups excluding carboxylic acids is 1. The maximum atomic E-state index is 12.2. The third-order valence-corrected chi connectivity index (χ3v) is 4.00. The van der Waals surface area contributed by atoms with Crippen LogP contribution < -0.4 is 0 Å². The summed E-state index contributed by atoms with van der Waals surface area (Å²) in [6, 6.07) is 11.9. The van der Waals surface area contributed by atoms with Crippen LogP contribution >= 0.6 is 11.8 Å². The van der Waals surface area contributed by atoms with Gasteiger partial charge in [-0.1, -0.05) is 30.3 Å². The number of benzene rings is 1.